The molecule has 0 radical (unpaired) electrons. The second-order valence-corrected chi connectivity index (χ2v) is 4.52. The standard InChI is InChI=1S/C13H15F3N4O/c1-2-3-11-12(17)18-19-20(11)8-9-4-6-10(7-5-9)21-13(14,15)16/h4-7H,2-3,8,17H2,1H3. The number of nitrogen functional groups attached to an aromatic ring is 1. The van der Waals surface area contributed by atoms with Gasteiger partial charge in [-0.2, -0.15) is 0 Å². The maximum Gasteiger partial charge on any atom is 0.573 e. The van der Waals surface area contributed by atoms with Crippen LogP contribution in [-0.2, 0) is 13.0 Å². The number of ether oxygens (including phenoxy) is 1. The van der Waals surface area contributed by atoms with Gasteiger partial charge in [0.05, 0.1) is 12.2 Å². The topological polar surface area (TPSA) is 66.0 Å². The van der Waals surface area contributed by atoms with Crippen LogP contribution < -0.4 is 10.5 Å². The van der Waals surface area contributed by atoms with E-state index in [9.17, 15) is 13.2 Å². The summed E-state index contributed by atoms with van der Waals surface area (Å²) in [6, 6.07) is 5.63. The fourth-order valence-corrected chi connectivity index (χ4v) is 1.94. The Hall–Kier alpha value is -2.25. The van der Waals surface area contributed by atoms with Crippen molar-refractivity contribution in [2.45, 2.75) is 32.7 Å². The molecule has 2 rings (SSSR count). The number of halogens is 3. The molecule has 5 nitrogen and oxygen atoms in total. The molecule has 0 saturated carbocycles. The van der Waals surface area contributed by atoms with Gasteiger partial charge in [-0.3, -0.25) is 0 Å². The van der Waals surface area contributed by atoms with E-state index in [2.05, 4.69) is 15.0 Å². The van der Waals surface area contributed by atoms with E-state index in [4.69, 9.17) is 5.73 Å². The van der Waals surface area contributed by atoms with E-state index in [0.717, 1.165) is 24.1 Å². The second kappa shape index (κ2) is 6.02. The Balaban J connectivity index is 2.10. The smallest absolute Gasteiger partial charge is 0.406 e. The molecule has 1 aromatic heterocycles. The quantitative estimate of drug-likeness (QED) is 0.922. The molecule has 1 heterocycles. The van der Waals surface area contributed by atoms with Gasteiger partial charge in [0.25, 0.3) is 0 Å². The number of hydrogen-bond donors (Lipinski definition) is 1. The number of nitrogens with zero attached hydrogens (tertiary/aromatic N) is 3. The third-order valence-corrected chi connectivity index (χ3v) is 2.84. The van der Waals surface area contributed by atoms with E-state index in [1.165, 1.54) is 12.1 Å². The van der Waals surface area contributed by atoms with E-state index in [-0.39, 0.29) is 5.75 Å². The summed E-state index contributed by atoms with van der Waals surface area (Å²) >= 11 is 0. The van der Waals surface area contributed by atoms with Gasteiger partial charge in [-0.1, -0.05) is 30.7 Å². The zero-order valence-corrected chi connectivity index (χ0v) is 11.4. The van der Waals surface area contributed by atoms with Crippen LogP contribution >= 0.6 is 0 Å². The molecule has 0 aliphatic carbocycles. The predicted molar refractivity (Wildman–Crippen MR) is 70.7 cm³/mol. The zero-order valence-electron chi connectivity index (χ0n) is 11.4. The first-order chi connectivity index (χ1) is 9.89. The third kappa shape index (κ3) is 4.11. The molecule has 0 atom stereocenters. The Kier molecular flexibility index (Phi) is 4.35. The van der Waals surface area contributed by atoms with Crippen molar-refractivity contribution in [3.63, 3.8) is 0 Å². The predicted octanol–water partition coefficient (Wildman–Crippen LogP) is 2.76. The van der Waals surface area contributed by atoms with Crippen LogP contribution in [0.15, 0.2) is 24.3 Å². The molecule has 0 bridgehead atoms. The molecular formula is C13H15F3N4O. The van der Waals surface area contributed by atoms with Gasteiger partial charge in [-0.25, -0.2) is 4.68 Å². The summed E-state index contributed by atoms with van der Waals surface area (Å²) in [4.78, 5) is 0. The minimum Gasteiger partial charge on any atom is -0.406 e. The van der Waals surface area contributed by atoms with Crippen LogP contribution in [0.2, 0.25) is 0 Å². The lowest BCUT2D eigenvalue weighted by molar-refractivity contribution is -0.274. The number of alkyl halides is 3. The van der Waals surface area contributed by atoms with Crippen LogP contribution in [0, 0.1) is 0 Å². The second-order valence-electron chi connectivity index (χ2n) is 4.52. The van der Waals surface area contributed by atoms with Gasteiger partial charge in [0.15, 0.2) is 5.82 Å². The molecule has 0 spiro atoms. The Morgan fingerprint density at radius 2 is 1.90 bits per heavy atom. The average Bonchev–Trinajstić information content (AvgIpc) is 2.73. The molecule has 1 aromatic carbocycles. The van der Waals surface area contributed by atoms with Crippen LogP contribution in [0.3, 0.4) is 0 Å². The van der Waals surface area contributed by atoms with Crippen molar-refractivity contribution < 1.29 is 17.9 Å². The first kappa shape index (κ1) is 15.1. The summed E-state index contributed by atoms with van der Waals surface area (Å²) in [5.41, 5.74) is 7.35. The highest BCUT2D eigenvalue weighted by Gasteiger charge is 2.30. The largest absolute Gasteiger partial charge is 0.573 e. The van der Waals surface area contributed by atoms with Crippen molar-refractivity contribution in [2.24, 2.45) is 0 Å². The van der Waals surface area contributed by atoms with E-state index < -0.39 is 6.36 Å². The summed E-state index contributed by atoms with van der Waals surface area (Å²) < 4.78 is 41.7. The Labute approximate surface area is 119 Å². The van der Waals surface area contributed by atoms with Gasteiger partial charge in [-0.15, -0.1) is 18.3 Å². The third-order valence-electron chi connectivity index (χ3n) is 2.84. The highest BCUT2D eigenvalue weighted by molar-refractivity contribution is 5.34. The Morgan fingerprint density at radius 3 is 2.48 bits per heavy atom. The Bertz CT molecular complexity index is 592. The number of hydrogen-bond acceptors (Lipinski definition) is 4. The van der Waals surface area contributed by atoms with Crippen molar-refractivity contribution in [2.75, 3.05) is 5.73 Å². The molecule has 114 valence electrons. The molecular weight excluding hydrogens is 285 g/mol. The lowest BCUT2D eigenvalue weighted by atomic mass is 10.2. The number of benzene rings is 1. The number of anilines is 1. The molecule has 2 aromatic rings. The summed E-state index contributed by atoms with van der Waals surface area (Å²) in [6.45, 7) is 2.41. The molecule has 21 heavy (non-hydrogen) atoms. The molecule has 0 saturated heterocycles. The van der Waals surface area contributed by atoms with E-state index in [1.807, 2.05) is 6.92 Å². The van der Waals surface area contributed by atoms with E-state index >= 15 is 0 Å². The van der Waals surface area contributed by atoms with Gasteiger partial charge >= 0.3 is 6.36 Å². The summed E-state index contributed by atoms with van der Waals surface area (Å²) in [6.07, 6.45) is -3.04. The van der Waals surface area contributed by atoms with Crippen molar-refractivity contribution in [1.29, 1.82) is 0 Å². The SMILES string of the molecule is CCCc1c(N)nnn1Cc1ccc(OC(F)(F)F)cc1. The highest BCUT2D eigenvalue weighted by Crippen LogP contribution is 2.23. The fourth-order valence-electron chi connectivity index (χ4n) is 1.94. The molecule has 2 N–H and O–H groups in total. The van der Waals surface area contributed by atoms with Gasteiger partial charge < -0.3 is 10.5 Å². The van der Waals surface area contributed by atoms with Crippen LogP contribution in [-0.4, -0.2) is 21.4 Å². The summed E-state index contributed by atoms with van der Waals surface area (Å²) in [7, 11) is 0. The van der Waals surface area contributed by atoms with Crippen LogP contribution in [0.5, 0.6) is 5.75 Å². The van der Waals surface area contributed by atoms with E-state index in [0.29, 0.717) is 12.4 Å². The van der Waals surface area contributed by atoms with Gasteiger partial charge in [0.1, 0.15) is 5.75 Å². The highest BCUT2D eigenvalue weighted by atomic mass is 19.4. The zero-order chi connectivity index (χ0) is 15.5. The maximum absolute atomic E-state index is 12.1. The molecule has 0 fully saturated rings. The van der Waals surface area contributed by atoms with Crippen LogP contribution in [0.4, 0.5) is 19.0 Å². The monoisotopic (exact) mass is 300 g/mol. The molecule has 8 heteroatoms. The molecule has 0 amide bonds. The number of aromatic nitrogens is 3. The maximum atomic E-state index is 12.1. The Morgan fingerprint density at radius 1 is 1.24 bits per heavy atom. The summed E-state index contributed by atoms with van der Waals surface area (Å²) in [5, 5.41) is 7.76. The fraction of sp³-hybridized carbons (Fsp3) is 0.385. The van der Waals surface area contributed by atoms with Gasteiger partial charge in [0, 0.05) is 0 Å². The first-order valence-corrected chi connectivity index (χ1v) is 6.41. The normalized spacial score (nSPS) is 11.6. The van der Waals surface area contributed by atoms with Gasteiger partial charge in [-0.05, 0) is 24.1 Å². The minimum absolute atomic E-state index is 0.252. The molecule has 0 unspecified atom stereocenters. The molecule has 0 aliphatic rings. The average molecular weight is 300 g/mol. The minimum atomic E-state index is -4.68. The van der Waals surface area contributed by atoms with Crippen molar-refractivity contribution in [3.8, 4) is 5.75 Å². The van der Waals surface area contributed by atoms with E-state index in [1.54, 1.807) is 16.8 Å². The first-order valence-electron chi connectivity index (χ1n) is 6.41. The lowest BCUT2D eigenvalue weighted by Gasteiger charge is -2.10. The van der Waals surface area contributed by atoms with Crippen molar-refractivity contribution in [3.05, 3.63) is 35.5 Å². The number of nitrogens with two attached hydrogens (primary N) is 1. The lowest BCUT2D eigenvalue weighted by Crippen LogP contribution is -2.17. The van der Waals surface area contributed by atoms with Gasteiger partial charge in [0.2, 0.25) is 0 Å². The van der Waals surface area contributed by atoms with Crippen LogP contribution in [0.25, 0.3) is 0 Å². The molecule has 0 aliphatic heterocycles. The van der Waals surface area contributed by atoms with Crippen molar-refractivity contribution in [1.82, 2.24) is 15.0 Å². The van der Waals surface area contributed by atoms with Crippen LogP contribution in [0.1, 0.15) is 24.6 Å². The number of rotatable bonds is 5. The summed E-state index contributed by atoms with van der Waals surface area (Å²) in [5.74, 6) is 0.131. The van der Waals surface area contributed by atoms with Crippen molar-refractivity contribution >= 4 is 5.82 Å².